The monoisotopic (exact) mass is 151 g/mol. The van der Waals surface area contributed by atoms with Crippen LogP contribution in [0.1, 0.15) is 7.43 Å². The van der Waals surface area contributed by atoms with E-state index < -0.39 is 0 Å². The highest BCUT2D eigenvalue weighted by atomic mass is 19.1. The lowest BCUT2D eigenvalue weighted by molar-refractivity contribution is 0.630. The van der Waals surface area contributed by atoms with Crippen molar-refractivity contribution >= 4 is 10.9 Å². The number of hydrogen-bond acceptors (Lipinski definition) is 0. The van der Waals surface area contributed by atoms with E-state index in [2.05, 4.69) is 4.98 Å². The highest BCUT2D eigenvalue weighted by Gasteiger charge is 1.93. The summed E-state index contributed by atoms with van der Waals surface area (Å²) in [5.74, 6) is -0.188. The van der Waals surface area contributed by atoms with Crippen LogP contribution in [-0.2, 0) is 0 Å². The summed E-state index contributed by atoms with van der Waals surface area (Å²) in [6, 6.07) is 6.52. The van der Waals surface area contributed by atoms with Crippen molar-refractivity contribution in [1.82, 2.24) is 4.98 Å². The van der Waals surface area contributed by atoms with Gasteiger partial charge in [-0.15, -0.1) is 0 Å². The van der Waals surface area contributed by atoms with E-state index in [9.17, 15) is 4.39 Å². The topological polar surface area (TPSA) is 15.8 Å². The van der Waals surface area contributed by atoms with Crippen molar-refractivity contribution in [2.24, 2.45) is 0 Å². The lowest BCUT2D eigenvalue weighted by atomic mass is 10.2. The van der Waals surface area contributed by atoms with Gasteiger partial charge in [-0.05, 0) is 24.3 Å². The highest BCUT2D eigenvalue weighted by Crippen LogP contribution is 2.12. The Morgan fingerprint density at radius 3 is 2.82 bits per heavy atom. The lowest BCUT2D eigenvalue weighted by Crippen LogP contribution is -1.70. The maximum absolute atomic E-state index is 12.5. The van der Waals surface area contributed by atoms with E-state index >= 15 is 0 Å². The first kappa shape index (κ1) is 7.79. The summed E-state index contributed by atoms with van der Waals surface area (Å²) in [4.78, 5) is 2.98. The van der Waals surface area contributed by atoms with E-state index in [0.29, 0.717) is 0 Å². The van der Waals surface area contributed by atoms with Crippen LogP contribution in [0, 0.1) is 5.82 Å². The summed E-state index contributed by atoms with van der Waals surface area (Å²) >= 11 is 0. The Morgan fingerprint density at radius 2 is 2.00 bits per heavy atom. The summed E-state index contributed by atoms with van der Waals surface area (Å²) in [5.41, 5.74) is 0.974. The van der Waals surface area contributed by atoms with Crippen molar-refractivity contribution in [2.45, 2.75) is 7.43 Å². The average Bonchev–Trinajstić information content (AvgIpc) is 2.33. The van der Waals surface area contributed by atoms with Crippen LogP contribution in [0.15, 0.2) is 30.5 Å². The second-order valence-corrected chi connectivity index (χ2v) is 2.21. The number of benzene rings is 1. The molecule has 0 amide bonds. The first-order valence-electron chi connectivity index (χ1n) is 3.09. The van der Waals surface area contributed by atoms with E-state index in [4.69, 9.17) is 0 Å². The Labute approximate surface area is 64.9 Å². The molecule has 2 rings (SSSR count). The summed E-state index contributed by atoms with van der Waals surface area (Å²) in [5, 5.41) is 0.917. The minimum atomic E-state index is -0.188. The van der Waals surface area contributed by atoms with Crippen LogP contribution >= 0.6 is 0 Å². The number of halogens is 1. The molecular weight excluding hydrogens is 141 g/mol. The predicted molar refractivity (Wildman–Crippen MR) is 45.0 cm³/mol. The molecule has 0 bridgehead atoms. The molecule has 11 heavy (non-hydrogen) atoms. The van der Waals surface area contributed by atoms with E-state index in [1.807, 2.05) is 6.07 Å². The molecule has 1 aromatic heterocycles. The minimum Gasteiger partial charge on any atom is -0.361 e. The van der Waals surface area contributed by atoms with Crippen LogP contribution in [-0.4, -0.2) is 4.98 Å². The number of hydrogen-bond donors (Lipinski definition) is 1. The number of nitrogens with one attached hydrogen (secondary N) is 1. The molecule has 0 atom stereocenters. The molecular formula is C9H10FN. The zero-order chi connectivity index (χ0) is 6.97. The molecule has 2 heteroatoms. The Morgan fingerprint density at radius 1 is 1.18 bits per heavy atom. The average molecular weight is 151 g/mol. The van der Waals surface area contributed by atoms with E-state index in [0.717, 1.165) is 10.9 Å². The fourth-order valence-electron chi connectivity index (χ4n) is 1.02. The third kappa shape index (κ3) is 1.24. The molecule has 2 aromatic rings. The zero-order valence-electron chi connectivity index (χ0n) is 5.26. The molecule has 0 radical (unpaired) electrons. The summed E-state index contributed by atoms with van der Waals surface area (Å²) < 4.78 is 12.5. The normalized spacial score (nSPS) is 9.55. The number of fused-ring (bicyclic) bond motifs is 1. The molecule has 58 valence electrons. The summed E-state index contributed by atoms with van der Waals surface area (Å²) in [6.07, 6.45) is 1.80. The van der Waals surface area contributed by atoms with Crippen LogP contribution in [0.5, 0.6) is 0 Å². The van der Waals surface area contributed by atoms with Crippen molar-refractivity contribution in [3.05, 3.63) is 36.3 Å². The van der Waals surface area contributed by atoms with Gasteiger partial charge >= 0.3 is 0 Å². The Bertz CT molecular complexity index is 351. The van der Waals surface area contributed by atoms with Gasteiger partial charge in [0.05, 0.1) is 0 Å². The van der Waals surface area contributed by atoms with Crippen LogP contribution < -0.4 is 0 Å². The van der Waals surface area contributed by atoms with Gasteiger partial charge in [0.25, 0.3) is 0 Å². The molecule has 0 fully saturated rings. The summed E-state index contributed by atoms with van der Waals surface area (Å²) in [7, 11) is 0. The van der Waals surface area contributed by atoms with E-state index in [1.54, 1.807) is 12.3 Å². The molecule has 0 aliphatic heterocycles. The van der Waals surface area contributed by atoms with Crippen LogP contribution in [0.2, 0.25) is 0 Å². The molecule has 0 unspecified atom stereocenters. The first-order chi connectivity index (χ1) is 4.86. The molecule has 0 aliphatic rings. The van der Waals surface area contributed by atoms with Gasteiger partial charge in [-0.3, -0.25) is 0 Å². The number of aromatic nitrogens is 1. The molecule has 0 saturated carbocycles. The number of aromatic amines is 1. The smallest absolute Gasteiger partial charge is 0.123 e. The zero-order valence-corrected chi connectivity index (χ0v) is 5.26. The third-order valence-electron chi connectivity index (χ3n) is 1.52. The van der Waals surface area contributed by atoms with Crippen molar-refractivity contribution in [2.75, 3.05) is 0 Å². The van der Waals surface area contributed by atoms with E-state index in [1.165, 1.54) is 12.1 Å². The fraction of sp³-hybridized carbons (Fsp3) is 0.111. The lowest BCUT2D eigenvalue weighted by Gasteiger charge is -1.87. The van der Waals surface area contributed by atoms with Gasteiger partial charge in [0.2, 0.25) is 0 Å². The van der Waals surface area contributed by atoms with Crippen LogP contribution in [0.4, 0.5) is 4.39 Å². The van der Waals surface area contributed by atoms with Gasteiger partial charge in [-0.2, -0.15) is 0 Å². The van der Waals surface area contributed by atoms with Crippen LogP contribution in [0.3, 0.4) is 0 Å². The largest absolute Gasteiger partial charge is 0.361 e. The molecule has 1 heterocycles. The Kier molecular flexibility index (Phi) is 1.94. The highest BCUT2D eigenvalue weighted by molar-refractivity contribution is 5.78. The third-order valence-corrected chi connectivity index (χ3v) is 1.52. The van der Waals surface area contributed by atoms with Gasteiger partial charge < -0.3 is 4.98 Å². The predicted octanol–water partition coefficient (Wildman–Crippen LogP) is 2.94. The second kappa shape index (κ2) is 2.74. The molecule has 1 aromatic carbocycles. The molecule has 0 aliphatic carbocycles. The molecule has 1 nitrogen and oxygen atoms in total. The van der Waals surface area contributed by atoms with Gasteiger partial charge in [0.1, 0.15) is 5.82 Å². The number of rotatable bonds is 0. The van der Waals surface area contributed by atoms with Gasteiger partial charge in [0, 0.05) is 17.1 Å². The van der Waals surface area contributed by atoms with Crippen molar-refractivity contribution in [1.29, 1.82) is 0 Å². The molecule has 0 saturated heterocycles. The van der Waals surface area contributed by atoms with E-state index in [-0.39, 0.29) is 13.2 Å². The quantitative estimate of drug-likeness (QED) is 0.595. The maximum Gasteiger partial charge on any atom is 0.123 e. The first-order valence-corrected chi connectivity index (χ1v) is 3.09. The number of H-pyrrole nitrogens is 1. The van der Waals surface area contributed by atoms with Crippen LogP contribution in [0.25, 0.3) is 10.9 Å². The van der Waals surface area contributed by atoms with Gasteiger partial charge in [0.15, 0.2) is 0 Å². The second-order valence-electron chi connectivity index (χ2n) is 2.21. The fourth-order valence-corrected chi connectivity index (χ4v) is 1.02. The van der Waals surface area contributed by atoms with Crippen molar-refractivity contribution in [3.63, 3.8) is 0 Å². The van der Waals surface area contributed by atoms with Gasteiger partial charge in [-0.1, -0.05) is 7.43 Å². The SMILES string of the molecule is C.Fc1ccc2[nH]ccc2c1. The van der Waals surface area contributed by atoms with Crippen molar-refractivity contribution in [3.8, 4) is 0 Å². The Hall–Kier alpha value is -1.31. The van der Waals surface area contributed by atoms with Crippen molar-refractivity contribution < 1.29 is 4.39 Å². The molecule has 0 spiro atoms. The minimum absolute atomic E-state index is 0. The standard InChI is InChI=1S/C8H6FN.CH4/c9-7-1-2-8-6(5-7)3-4-10-8;/h1-5,10H;1H4. The summed E-state index contributed by atoms with van der Waals surface area (Å²) in [6.45, 7) is 0. The Balaban J connectivity index is 0.000000605. The maximum atomic E-state index is 12.5. The van der Waals surface area contributed by atoms with Gasteiger partial charge in [-0.25, -0.2) is 4.39 Å². The molecule has 1 N–H and O–H groups in total.